The molecule has 0 saturated carbocycles. The molecule has 1 amide bonds. The molecule has 1 N–H and O–H groups in total. The molecule has 1 aliphatic rings. The first-order valence-electron chi connectivity index (χ1n) is 14.0. The van der Waals surface area contributed by atoms with E-state index in [2.05, 4.69) is 25.3 Å². The number of carbonyl (C=O) groups excluding carboxylic acids is 2. The van der Waals surface area contributed by atoms with Gasteiger partial charge in [0.15, 0.2) is 0 Å². The van der Waals surface area contributed by atoms with E-state index in [1.165, 1.54) is 0 Å². The van der Waals surface area contributed by atoms with E-state index in [1.54, 1.807) is 62.9 Å². The van der Waals surface area contributed by atoms with Crippen LogP contribution in [-0.2, 0) is 14.3 Å². The largest absolute Gasteiger partial charge is 0.463 e. The monoisotopic (exact) mass is 571 g/mol. The Morgan fingerprint density at radius 3 is 2.40 bits per heavy atom. The first kappa shape index (κ1) is 27.6. The number of hydrogen-bond acceptors (Lipinski definition) is 8. The Hall–Kier alpha value is -5.51. The van der Waals surface area contributed by atoms with E-state index in [0.717, 1.165) is 22.5 Å². The van der Waals surface area contributed by atoms with Crippen molar-refractivity contribution >= 4 is 40.1 Å². The van der Waals surface area contributed by atoms with Crippen LogP contribution in [0.2, 0.25) is 0 Å². The van der Waals surface area contributed by atoms with Gasteiger partial charge in [0.25, 0.3) is 0 Å². The summed E-state index contributed by atoms with van der Waals surface area (Å²) in [5, 5.41) is 2.88. The number of anilines is 1. The second kappa shape index (κ2) is 11.8. The molecular weight excluding hydrogens is 542 g/mol. The van der Waals surface area contributed by atoms with Gasteiger partial charge in [0, 0.05) is 41.2 Å². The molecule has 2 atom stereocenters. The van der Waals surface area contributed by atoms with Crippen molar-refractivity contribution in [3.8, 4) is 5.69 Å². The number of fused-ring (bicyclic) bond motifs is 1. The summed E-state index contributed by atoms with van der Waals surface area (Å²) in [7, 11) is 0. The summed E-state index contributed by atoms with van der Waals surface area (Å²) in [6.45, 7) is 5.65. The standard InChI is InChI=1S/C33H29N7O3/c1-4-43-33(42)30-29(24-9-5-7-16-35-24)28(32(41)39-27-10-6-8-17-36-27)20(2)37-31(30)22-11-13-23(14-12-22)40-21(3)38-25-19-34-18-15-26(25)40/h5-19,28-29H,4H2,1-3H3,(H,36,39,41). The summed E-state index contributed by atoms with van der Waals surface area (Å²) in [5.41, 5.74) is 5.17. The zero-order valence-electron chi connectivity index (χ0n) is 23.9. The van der Waals surface area contributed by atoms with Gasteiger partial charge in [-0.1, -0.05) is 24.3 Å². The van der Waals surface area contributed by atoms with Gasteiger partial charge < -0.3 is 10.1 Å². The Morgan fingerprint density at radius 1 is 0.930 bits per heavy atom. The van der Waals surface area contributed by atoms with E-state index in [0.29, 0.717) is 28.5 Å². The Bertz CT molecular complexity index is 1860. The van der Waals surface area contributed by atoms with Crippen LogP contribution in [0.1, 0.15) is 36.8 Å². The topological polar surface area (TPSA) is 124 Å². The van der Waals surface area contributed by atoms with Crippen LogP contribution in [0.3, 0.4) is 0 Å². The van der Waals surface area contributed by atoms with E-state index in [9.17, 15) is 9.59 Å². The Morgan fingerprint density at radius 2 is 1.70 bits per heavy atom. The molecule has 0 radical (unpaired) electrons. The highest BCUT2D eigenvalue weighted by molar-refractivity contribution is 6.15. The zero-order valence-corrected chi connectivity index (χ0v) is 23.9. The average molecular weight is 572 g/mol. The van der Waals surface area contributed by atoms with Gasteiger partial charge in [-0.2, -0.15) is 0 Å². The number of amides is 1. The fraction of sp³-hybridized carbons (Fsp3) is 0.182. The van der Waals surface area contributed by atoms with Crippen LogP contribution in [0.4, 0.5) is 5.82 Å². The minimum Gasteiger partial charge on any atom is -0.463 e. The minimum absolute atomic E-state index is 0.165. The van der Waals surface area contributed by atoms with Crippen molar-refractivity contribution in [3.63, 3.8) is 0 Å². The molecule has 5 aromatic rings. The van der Waals surface area contributed by atoms with Crippen molar-refractivity contribution in [2.75, 3.05) is 11.9 Å². The van der Waals surface area contributed by atoms with Crippen LogP contribution in [0.25, 0.3) is 22.4 Å². The maximum absolute atomic E-state index is 13.8. The highest BCUT2D eigenvalue weighted by Crippen LogP contribution is 2.42. The van der Waals surface area contributed by atoms with Gasteiger partial charge in [0.05, 0.1) is 41.4 Å². The number of benzene rings is 1. The first-order chi connectivity index (χ1) is 21.0. The highest BCUT2D eigenvalue weighted by atomic mass is 16.5. The summed E-state index contributed by atoms with van der Waals surface area (Å²) in [4.78, 5) is 50.0. The van der Waals surface area contributed by atoms with Gasteiger partial charge in [-0.15, -0.1) is 0 Å². The predicted octanol–water partition coefficient (Wildman–Crippen LogP) is 5.31. The SMILES string of the molecule is CCOC(=O)C1=C(c2ccc(-n3c(C)nc4cnccc43)cc2)N=C(C)C(C(=O)Nc2ccccn2)C1c1ccccn1. The second-order valence-electron chi connectivity index (χ2n) is 10.1. The molecule has 1 aromatic carbocycles. The third-order valence-electron chi connectivity index (χ3n) is 7.36. The van der Waals surface area contributed by atoms with Crippen molar-refractivity contribution in [2.45, 2.75) is 26.7 Å². The molecule has 0 fully saturated rings. The Kier molecular flexibility index (Phi) is 7.57. The smallest absolute Gasteiger partial charge is 0.336 e. The molecule has 5 heterocycles. The predicted molar refractivity (Wildman–Crippen MR) is 164 cm³/mol. The minimum atomic E-state index is -0.826. The first-order valence-corrected chi connectivity index (χ1v) is 14.0. The third-order valence-corrected chi connectivity index (χ3v) is 7.36. The summed E-state index contributed by atoms with van der Waals surface area (Å²) in [6.07, 6.45) is 6.73. The summed E-state index contributed by atoms with van der Waals surface area (Å²) in [6, 6.07) is 20.4. The van der Waals surface area contributed by atoms with Crippen LogP contribution >= 0.6 is 0 Å². The number of esters is 1. The summed E-state index contributed by atoms with van der Waals surface area (Å²) in [5.74, 6) is -1.24. The van der Waals surface area contributed by atoms with Gasteiger partial charge >= 0.3 is 5.97 Å². The van der Waals surface area contributed by atoms with Gasteiger partial charge in [-0.3, -0.25) is 24.3 Å². The van der Waals surface area contributed by atoms with Crippen LogP contribution in [0, 0.1) is 12.8 Å². The van der Waals surface area contributed by atoms with Gasteiger partial charge in [0.2, 0.25) is 5.91 Å². The number of pyridine rings is 3. The number of hydrogen-bond donors (Lipinski definition) is 1. The molecule has 10 heteroatoms. The molecule has 1 aliphatic heterocycles. The molecule has 43 heavy (non-hydrogen) atoms. The molecule has 0 spiro atoms. The molecular formula is C33H29N7O3. The number of nitrogens with zero attached hydrogens (tertiary/aromatic N) is 6. The molecule has 6 rings (SSSR count). The van der Waals surface area contributed by atoms with Crippen LogP contribution in [0.5, 0.6) is 0 Å². The van der Waals surface area contributed by atoms with E-state index >= 15 is 0 Å². The van der Waals surface area contributed by atoms with Gasteiger partial charge in [-0.05, 0) is 63.2 Å². The van der Waals surface area contributed by atoms with Crippen molar-refractivity contribution < 1.29 is 14.3 Å². The molecule has 10 nitrogen and oxygen atoms in total. The lowest BCUT2D eigenvalue weighted by atomic mass is 9.76. The summed E-state index contributed by atoms with van der Waals surface area (Å²) >= 11 is 0. The van der Waals surface area contributed by atoms with E-state index in [1.807, 2.05) is 54.0 Å². The number of nitrogens with one attached hydrogen (secondary N) is 1. The number of ether oxygens (including phenoxy) is 1. The number of carbonyl (C=O) groups is 2. The lowest BCUT2D eigenvalue weighted by Gasteiger charge is -2.32. The van der Waals surface area contributed by atoms with E-state index in [-0.39, 0.29) is 18.1 Å². The quantitative estimate of drug-likeness (QED) is 0.263. The van der Waals surface area contributed by atoms with Crippen LogP contribution in [0.15, 0.2) is 102 Å². The molecule has 214 valence electrons. The third kappa shape index (κ3) is 5.30. The highest BCUT2D eigenvalue weighted by Gasteiger charge is 2.43. The number of rotatable bonds is 7. The fourth-order valence-corrected chi connectivity index (χ4v) is 5.52. The molecule has 2 unspecified atom stereocenters. The van der Waals surface area contributed by atoms with E-state index < -0.39 is 17.8 Å². The normalized spacial score (nSPS) is 16.6. The lowest BCUT2D eigenvalue weighted by molar-refractivity contribution is -0.138. The molecule has 4 aromatic heterocycles. The molecule has 0 aliphatic carbocycles. The second-order valence-corrected chi connectivity index (χ2v) is 10.1. The summed E-state index contributed by atoms with van der Waals surface area (Å²) < 4.78 is 7.60. The molecule has 0 bridgehead atoms. The number of imidazole rings is 1. The molecule has 0 saturated heterocycles. The Balaban J connectivity index is 1.48. The van der Waals surface area contributed by atoms with Crippen molar-refractivity contribution in [1.82, 2.24) is 24.5 Å². The maximum Gasteiger partial charge on any atom is 0.336 e. The van der Waals surface area contributed by atoms with E-state index in [4.69, 9.17) is 9.73 Å². The van der Waals surface area contributed by atoms with Gasteiger partial charge in [0.1, 0.15) is 17.2 Å². The van der Waals surface area contributed by atoms with Crippen molar-refractivity contribution in [1.29, 1.82) is 0 Å². The van der Waals surface area contributed by atoms with Crippen LogP contribution in [-0.4, -0.2) is 48.7 Å². The maximum atomic E-state index is 13.8. The lowest BCUT2D eigenvalue weighted by Crippen LogP contribution is -2.39. The average Bonchev–Trinajstić information content (AvgIpc) is 3.37. The number of aliphatic imine (C=N–C) groups is 1. The van der Waals surface area contributed by atoms with Gasteiger partial charge in [-0.25, -0.2) is 14.8 Å². The Labute approximate surface area is 248 Å². The number of aromatic nitrogens is 5. The van der Waals surface area contributed by atoms with Crippen molar-refractivity contribution in [2.24, 2.45) is 10.9 Å². The van der Waals surface area contributed by atoms with Crippen molar-refractivity contribution in [3.05, 3.63) is 114 Å². The number of aryl methyl sites for hydroxylation is 1. The zero-order chi connectivity index (χ0) is 29.9. The fourth-order valence-electron chi connectivity index (χ4n) is 5.52. The van der Waals surface area contributed by atoms with Crippen LogP contribution < -0.4 is 5.32 Å².